The predicted molar refractivity (Wildman–Crippen MR) is 238 cm³/mol. The van der Waals surface area contributed by atoms with E-state index in [1.807, 2.05) is 0 Å². The molecule has 0 unspecified atom stereocenters. The predicted octanol–water partition coefficient (Wildman–Crippen LogP) is 12.9. The lowest BCUT2D eigenvalue weighted by Gasteiger charge is -2.41. The van der Waals surface area contributed by atoms with Gasteiger partial charge in [-0.2, -0.15) is 0 Å². The molecule has 0 saturated heterocycles. The molecule has 0 aliphatic heterocycles. The molecule has 1 aliphatic rings. The Kier molecular flexibility index (Phi) is 12.2. The molecule has 0 aromatic heterocycles. The van der Waals surface area contributed by atoms with Crippen LogP contribution in [0.15, 0.2) is 72.8 Å². The van der Waals surface area contributed by atoms with E-state index < -0.39 is 24.7 Å². The summed E-state index contributed by atoms with van der Waals surface area (Å²) in [6, 6.07) is 27.4. The van der Waals surface area contributed by atoms with Gasteiger partial charge in [0.05, 0.1) is 17.1 Å². The van der Waals surface area contributed by atoms with Crippen LogP contribution in [0.2, 0.25) is 54.4 Å². The second kappa shape index (κ2) is 15.2. The van der Waals surface area contributed by atoms with Gasteiger partial charge in [0, 0.05) is 35.2 Å². The number of rotatable bonds is 12. The summed E-state index contributed by atoms with van der Waals surface area (Å²) >= 11 is 0. The lowest BCUT2D eigenvalue weighted by atomic mass is 9.86. The minimum Gasteiger partial charge on any atom is -0.408 e. The molecule has 3 aromatic carbocycles. The highest BCUT2D eigenvalue weighted by atomic mass is 28.3. The molecule has 4 rings (SSSR count). The third-order valence-electron chi connectivity index (χ3n) is 12.5. The van der Waals surface area contributed by atoms with Crippen LogP contribution >= 0.6 is 0 Å². The Labute approximate surface area is 315 Å². The first-order valence-corrected chi connectivity index (χ1v) is 28.3. The third kappa shape index (κ3) is 10.4. The molecule has 0 amide bonds. The van der Waals surface area contributed by atoms with Gasteiger partial charge in [-0.15, -0.1) is 0 Å². The summed E-state index contributed by atoms with van der Waals surface area (Å²) in [5, 5.41) is 12.9. The van der Waals surface area contributed by atoms with E-state index in [1.165, 1.54) is 34.1 Å². The molecular formula is C42H72N6Si3. The fourth-order valence-electron chi connectivity index (χ4n) is 6.06. The molecule has 0 heterocycles. The topological polar surface area (TPSA) is 72.2 Å². The zero-order valence-electron chi connectivity index (χ0n) is 34.8. The Balaban J connectivity index is 1.66. The van der Waals surface area contributed by atoms with Crippen LogP contribution in [0.25, 0.3) is 0 Å². The van der Waals surface area contributed by atoms with Gasteiger partial charge < -0.3 is 30.9 Å². The fraction of sp³-hybridized carbons (Fsp3) is 0.571. The standard InChI is InChI=1S/C42H72N6Si3/c1-40(2,3)49(10,11)46-37-25-19-16-22-34(37)43-31-28-32(44-35-23-17-20-26-38(35)47-50(12,13)41(4,5)6)30-33(29-31)45-36-24-18-21-27-39(36)48-51(14,15)42(7,8)9/h16-27,31-33,43-48H,28-30H2,1-15H3. The Morgan fingerprint density at radius 3 is 0.765 bits per heavy atom. The first-order chi connectivity index (χ1) is 23.4. The summed E-state index contributed by atoms with van der Waals surface area (Å²) in [6.07, 6.45) is 3.10. The van der Waals surface area contributed by atoms with E-state index in [0.29, 0.717) is 0 Å². The summed E-state index contributed by atoms with van der Waals surface area (Å²) in [5.74, 6) is 0. The minimum atomic E-state index is -1.77. The molecule has 1 saturated carbocycles. The SMILES string of the molecule is CC(C)(C)[Si](C)(C)Nc1ccccc1NC1CC(Nc2ccccc2N[Si](C)(C)C(C)(C)C)CC(Nc2ccccc2N[Si](C)(C)C(C)(C)C)C1. The molecule has 0 bridgehead atoms. The zero-order valence-corrected chi connectivity index (χ0v) is 37.8. The molecule has 0 spiro atoms. The summed E-state index contributed by atoms with van der Waals surface area (Å²) in [4.78, 5) is 12.1. The highest BCUT2D eigenvalue weighted by Crippen LogP contribution is 2.41. The average molecular weight is 745 g/mol. The normalized spacial score (nSPS) is 19.2. The van der Waals surface area contributed by atoms with Crippen molar-refractivity contribution < 1.29 is 0 Å². The van der Waals surface area contributed by atoms with Crippen molar-refractivity contribution >= 4 is 58.8 Å². The van der Waals surface area contributed by atoms with Crippen LogP contribution in [0.3, 0.4) is 0 Å². The van der Waals surface area contributed by atoms with Crippen molar-refractivity contribution in [3.8, 4) is 0 Å². The molecule has 6 nitrogen and oxygen atoms in total. The van der Waals surface area contributed by atoms with Crippen molar-refractivity contribution in [2.24, 2.45) is 0 Å². The third-order valence-corrected chi connectivity index (χ3v) is 26.5. The molecule has 9 heteroatoms. The van der Waals surface area contributed by atoms with Crippen LogP contribution in [0, 0.1) is 0 Å². The van der Waals surface area contributed by atoms with E-state index in [-0.39, 0.29) is 33.2 Å². The molecule has 0 atom stereocenters. The summed E-state index contributed by atoms with van der Waals surface area (Å²) in [6.45, 7) is 35.9. The molecule has 51 heavy (non-hydrogen) atoms. The summed E-state index contributed by atoms with van der Waals surface area (Å²) in [7, 11) is -5.32. The van der Waals surface area contributed by atoms with Gasteiger partial charge in [-0.1, -0.05) is 138 Å². The van der Waals surface area contributed by atoms with Gasteiger partial charge in [-0.25, -0.2) is 0 Å². The van der Waals surface area contributed by atoms with E-state index >= 15 is 0 Å². The number of hydrogen-bond acceptors (Lipinski definition) is 6. The molecule has 0 radical (unpaired) electrons. The Morgan fingerprint density at radius 1 is 0.373 bits per heavy atom. The average Bonchev–Trinajstić information content (AvgIpc) is 2.98. The molecule has 3 aromatic rings. The van der Waals surface area contributed by atoms with Gasteiger partial charge in [0.1, 0.15) is 0 Å². The van der Waals surface area contributed by atoms with Gasteiger partial charge >= 0.3 is 0 Å². The van der Waals surface area contributed by atoms with Crippen molar-refractivity contribution in [2.75, 3.05) is 30.9 Å². The summed E-state index contributed by atoms with van der Waals surface area (Å²) in [5.41, 5.74) is 7.26. The molecule has 282 valence electrons. The van der Waals surface area contributed by atoms with Gasteiger partial charge in [0.25, 0.3) is 0 Å². The smallest absolute Gasteiger partial charge is 0.152 e. The lowest BCUT2D eigenvalue weighted by molar-refractivity contribution is 0.397. The van der Waals surface area contributed by atoms with Crippen molar-refractivity contribution in [3.05, 3.63) is 72.8 Å². The fourth-order valence-corrected chi connectivity index (χ4v) is 9.86. The maximum atomic E-state index is 4.06. The van der Waals surface area contributed by atoms with Crippen LogP contribution in [-0.4, -0.2) is 42.8 Å². The van der Waals surface area contributed by atoms with E-state index in [2.05, 4.69) is 205 Å². The van der Waals surface area contributed by atoms with Crippen molar-refractivity contribution in [1.29, 1.82) is 0 Å². The van der Waals surface area contributed by atoms with E-state index in [4.69, 9.17) is 0 Å². The van der Waals surface area contributed by atoms with E-state index in [0.717, 1.165) is 19.3 Å². The molecular weight excluding hydrogens is 673 g/mol. The summed E-state index contributed by atoms with van der Waals surface area (Å²) < 4.78 is 0. The first-order valence-electron chi connectivity index (χ1n) is 19.3. The van der Waals surface area contributed by atoms with Crippen LogP contribution in [0.5, 0.6) is 0 Å². The van der Waals surface area contributed by atoms with Crippen LogP contribution in [-0.2, 0) is 0 Å². The van der Waals surface area contributed by atoms with Gasteiger partial charge in [-0.05, 0) is 70.8 Å². The molecule has 6 N–H and O–H groups in total. The quantitative estimate of drug-likeness (QED) is 0.104. The minimum absolute atomic E-state index is 0.229. The van der Waals surface area contributed by atoms with Crippen molar-refractivity contribution in [1.82, 2.24) is 0 Å². The van der Waals surface area contributed by atoms with Gasteiger partial charge in [0.2, 0.25) is 0 Å². The maximum absolute atomic E-state index is 4.06. The maximum Gasteiger partial charge on any atom is 0.152 e. The molecule has 1 aliphatic carbocycles. The largest absolute Gasteiger partial charge is 0.408 e. The number of anilines is 6. The van der Waals surface area contributed by atoms with Crippen LogP contribution in [0.1, 0.15) is 81.6 Å². The monoisotopic (exact) mass is 745 g/mol. The van der Waals surface area contributed by atoms with Crippen LogP contribution in [0.4, 0.5) is 34.1 Å². The lowest BCUT2D eigenvalue weighted by Crippen LogP contribution is -2.47. The number of hydrogen-bond donors (Lipinski definition) is 6. The highest BCUT2D eigenvalue weighted by molar-refractivity contribution is 6.84. The Bertz CT molecular complexity index is 1400. The van der Waals surface area contributed by atoms with E-state index in [9.17, 15) is 0 Å². The Morgan fingerprint density at radius 2 is 0.569 bits per heavy atom. The number of benzene rings is 3. The second-order valence-corrected chi connectivity index (χ2v) is 34.9. The highest BCUT2D eigenvalue weighted by Gasteiger charge is 2.39. The van der Waals surface area contributed by atoms with Crippen LogP contribution < -0.4 is 30.9 Å². The zero-order chi connectivity index (χ0) is 38.0. The van der Waals surface area contributed by atoms with Crippen molar-refractivity contribution in [3.63, 3.8) is 0 Å². The van der Waals surface area contributed by atoms with Crippen molar-refractivity contribution in [2.45, 2.75) is 154 Å². The molecule has 1 fully saturated rings. The number of nitrogens with one attached hydrogen (secondary N) is 6. The van der Waals surface area contributed by atoms with E-state index in [1.54, 1.807) is 0 Å². The first kappa shape index (κ1) is 40.9. The van der Waals surface area contributed by atoms with Gasteiger partial charge in [-0.3, -0.25) is 0 Å². The van der Waals surface area contributed by atoms with Gasteiger partial charge in [0.15, 0.2) is 24.7 Å². The second-order valence-electron chi connectivity index (χ2n) is 19.9. The number of para-hydroxylation sites is 6. The Hall–Kier alpha value is -2.89.